The van der Waals surface area contributed by atoms with Gasteiger partial charge in [0.1, 0.15) is 0 Å². The lowest BCUT2D eigenvalue weighted by Crippen LogP contribution is -2.25. The SMILES string of the molecule is O=C(O)C(=O)N/C=C\c1c[nH]c2cc(Br)c(Br)cc12. The Bertz CT molecular complexity index is 692. The lowest BCUT2D eigenvalue weighted by molar-refractivity contribution is -0.149. The molecule has 0 atom stereocenters. The molecule has 0 aliphatic carbocycles. The van der Waals surface area contributed by atoms with Gasteiger partial charge >= 0.3 is 11.9 Å². The number of hydrogen-bond donors (Lipinski definition) is 3. The Hall–Kier alpha value is -1.60. The van der Waals surface area contributed by atoms with Crippen LogP contribution in [-0.2, 0) is 9.59 Å². The maximum absolute atomic E-state index is 10.9. The van der Waals surface area contributed by atoms with Crippen molar-refractivity contribution in [3.8, 4) is 0 Å². The average molecular weight is 388 g/mol. The van der Waals surface area contributed by atoms with Gasteiger partial charge in [0.25, 0.3) is 0 Å². The number of aliphatic carboxylic acids is 1. The highest BCUT2D eigenvalue weighted by Crippen LogP contribution is 2.30. The second kappa shape index (κ2) is 5.58. The van der Waals surface area contributed by atoms with Crippen molar-refractivity contribution in [1.82, 2.24) is 10.3 Å². The highest BCUT2D eigenvalue weighted by atomic mass is 79.9. The molecule has 2 rings (SSSR count). The maximum Gasteiger partial charge on any atom is 0.394 e. The van der Waals surface area contributed by atoms with E-state index in [0.29, 0.717) is 0 Å². The molecule has 0 fully saturated rings. The molecule has 19 heavy (non-hydrogen) atoms. The highest BCUT2D eigenvalue weighted by Gasteiger charge is 2.08. The number of hydrogen-bond acceptors (Lipinski definition) is 2. The molecule has 0 aliphatic rings. The largest absolute Gasteiger partial charge is 0.474 e. The van der Waals surface area contributed by atoms with Crippen molar-refractivity contribution in [2.45, 2.75) is 0 Å². The Balaban J connectivity index is 2.26. The summed E-state index contributed by atoms with van der Waals surface area (Å²) < 4.78 is 1.83. The summed E-state index contributed by atoms with van der Waals surface area (Å²) in [6.07, 6.45) is 4.70. The minimum absolute atomic E-state index is 0.842. The number of benzene rings is 1. The highest BCUT2D eigenvalue weighted by molar-refractivity contribution is 9.13. The summed E-state index contributed by atoms with van der Waals surface area (Å²) in [7, 11) is 0. The summed E-state index contributed by atoms with van der Waals surface area (Å²) >= 11 is 6.82. The van der Waals surface area contributed by atoms with Gasteiger partial charge in [0.05, 0.1) is 0 Å². The molecule has 7 heteroatoms. The van der Waals surface area contributed by atoms with E-state index >= 15 is 0 Å². The minimum atomic E-state index is -1.52. The summed E-state index contributed by atoms with van der Waals surface area (Å²) in [5.41, 5.74) is 1.77. The Morgan fingerprint density at radius 2 is 1.95 bits per heavy atom. The second-order valence-corrected chi connectivity index (χ2v) is 5.38. The quantitative estimate of drug-likeness (QED) is 0.693. The van der Waals surface area contributed by atoms with E-state index in [2.05, 4.69) is 42.2 Å². The predicted molar refractivity (Wildman–Crippen MR) is 78.5 cm³/mol. The number of aromatic amines is 1. The average Bonchev–Trinajstić information content (AvgIpc) is 2.72. The van der Waals surface area contributed by atoms with Crippen molar-refractivity contribution in [2.24, 2.45) is 0 Å². The van der Waals surface area contributed by atoms with Crippen LogP contribution in [0.2, 0.25) is 0 Å². The first-order valence-electron chi connectivity index (χ1n) is 5.15. The van der Waals surface area contributed by atoms with Gasteiger partial charge in [-0.3, -0.25) is 4.79 Å². The third-order valence-corrected chi connectivity index (χ3v) is 4.27. The van der Waals surface area contributed by atoms with Crippen molar-refractivity contribution < 1.29 is 14.7 Å². The van der Waals surface area contributed by atoms with Gasteiger partial charge in [0.2, 0.25) is 0 Å². The number of carboxylic acids is 1. The number of carbonyl (C=O) groups excluding carboxylic acids is 1. The van der Waals surface area contributed by atoms with Gasteiger partial charge in [0.15, 0.2) is 0 Å². The molecule has 1 heterocycles. The monoisotopic (exact) mass is 386 g/mol. The predicted octanol–water partition coefficient (Wildman–Crippen LogP) is 2.86. The number of amides is 1. The van der Waals surface area contributed by atoms with Crippen LogP contribution in [0, 0.1) is 0 Å². The Kier molecular flexibility index (Phi) is 4.06. The number of aromatic nitrogens is 1. The molecule has 0 saturated carbocycles. The molecule has 1 amide bonds. The van der Waals surface area contributed by atoms with E-state index in [4.69, 9.17) is 5.11 Å². The smallest absolute Gasteiger partial charge is 0.394 e. The number of fused-ring (bicyclic) bond motifs is 1. The van der Waals surface area contributed by atoms with Crippen LogP contribution in [0.25, 0.3) is 17.0 Å². The van der Waals surface area contributed by atoms with Crippen LogP contribution >= 0.6 is 31.9 Å². The molecular weight excluding hydrogens is 380 g/mol. The summed E-state index contributed by atoms with van der Waals surface area (Å²) in [4.78, 5) is 24.3. The van der Waals surface area contributed by atoms with Crippen molar-refractivity contribution in [3.05, 3.63) is 39.0 Å². The van der Waals surface area contributed by atoms with Gasteiger partial charge in [-0.1, -0.05) is 0 Å². The molecule has 0 spiro atoms. The zero-order chi connectivity index (χ0) is 14.0. The van der Waals surface area contributed by atoms with Crippen molar-refractivity contribution >= 4 is 60.7 Å². The van der Waals surface area contributed by atoms with Gasteiger partial charge in [-0.25, -0.2) is 4.79 Å². The van der Waals surface area contributed by atoms with E-state index in [0.717, 1.165) is 25.4 Å². The van der Waals surface area contributed by atoms with Crippen LogP contribution in [0.3, 0.4) is 0 Å². The molecule has 1 aromatic heterocycles. The molecule has 2 aromatic rings. The fourth-order valence-electron chi connectivity index (χ4n) is 1.55. The molecule has 3 N–H and O–H groups in total. The first-order chi connectivity index (χ1) is 8.99. The number of rotatable bonds is 2. The zero-order valence-corrected chi connectivity index (χ0v) is 12.6. The number of nitrogens with one attached hydrogen (secondary N) is 2. The minimum Gasteiger partial charge on any atom is -0.474 e. The van der Waals surface area contributed by atoms with Gasteiger partial charge in [-0.2, -0.15) is 0 Å². The van der Waals surface area contributed by atoms with Crippen LogP contribution < -0.4 is 5.32 Å². The number of carboxylic acid groups (broad SMARTS) is 1. The van der Waals surface area contributed by atoms with Gasteiger partial charge in [0, 0.05) is 37.8 Å². The Labute approximate surface area is 124 Å². The number of halogens is 2. The Morgan fingerprint density at radius 3 is 2.63 bits per heavy atom. The van der Waals surface area contributed by atoms with E-state index in [1.807, 2.05) is 12.1 Å². The number of H-pyrrole nitrogens is 1. The molecular formula is C12H8Br2N2O3. The first-order valence-corrected chi connectivity index (χ1v) is 6.74. The molecule has 98 valence electrons. The fraction of sp³-hybridized carbons (Fsp3) is 0. The third-order valence-electron chi connectivity index (χ3n) is 2.43. The van der Waals surface area contributed by atoms with Crippen LogP contribution in [-0.4, -0.2) is 22.0 Å². The molecule has 0 unspecified atom stereocenters. The Morgan fingerprint density at radius 1 is 1.26 bits per heavy atom. The van der Waals surface area contributed by atoms with Crippen molar-refractivity contribution in [2.75, 3.05) is 0 Å². The van der Waals surface area contributed by atoms with Crippen molar-refractivity contribution in [1.29, 1.82) is 0 Å². The van der Waals surface area contributed by atoms with Crippen LogP contribution in [0.15, 0.2) is 33.5 Å². The summed E-state index contributed by atoms with van der Waals surface area (Å²) in [5, 5.41) is 11.5. The van der Waals surface area contributed by atoms with E-state index in [1.165, 1.54) is 6.20 Å². The van der Waals surface area contributed by atoms with Crippen LogP contribution in [0.1, 0.15) is 5.56 Å². The summed E-state index contributed by atoms with van der Waals surface area (Å²) in [6, 6.07) is 3.85. The van der Waals surface area contributed by atoms with E-state index in [9.17, 15) is 9.59 Å². The van der Waals surface area contributed by atoms with E-state index in [-0.39, 0.29) is 0 Å². The van der Waals surface area contributed by atoms with Gasteiger partial charge < -0.3 is 15.4 Å². The summed E-state index contributed by atoms with van der Waals surface area (Å²) in [6.45, 7) is 0. The number of carbonyl (C=O) groups is 2. The van der Waals surface area contributed by atoms with E-state index < -0.39 is 11.9 Å². The first kappa shape index (κ1) is 13.8. The standard InChI is InChI=1S/C12H8Br2N2O3/c13-8-3-7-6(1-2-15-11(17)12(18)19)5-16-10(7)4-9(8)14/h1-5,16H,(H,15,17)(H,18,19)/b2-1-. The maximum atomic E-state index is 10.9. The van der Waals surface area contributed by atoms with Gasteiger partial charge in [-0.05, 0) is 50.1 Å². The zero-order valence-electron chi connectivity index (χ0n) is 9.41. The fourth-order valence-corrected chi connectivity index (χ4v) is 2.23. The lowest BCUT2D eigenvalue weighted by Gasteiger charge is -1.98. The summed E-state index contributed by atoms with van der Waals surface area (Å²) in [5.74, 6) is -2.59. The normalized spacial score (nSPS) is 11.1. The topological polar surface area (TPSA) is 82.2 Å². The molecule has 5 nitrogen and oxygen atoms in total. The van der Waals surface area contributed by atoms with E-state index in [1.54, 1.807) is 12.3 Å². The molecule has 0 aliphatic heterocycles. The molecule has 0 radical (unpaired) electrons. The van der Waals surface area contributed by atoms with Crippen LogP contribution in [0.5, 0.6) is 0 Å². The lowest BCUT2D eigenvalue weighted by atomic mass is 10.2. The molecule has 0 bridgehead atoms. The van der Waals surface area contributed by atoms with Crippen molar-refractivity contribution in [3.63, 3.8) is 0 Å². The van der Waals surface area contributed by atoms with Gasteiger partial charge in [-0.15, -0.1) is 0 Å². The van der Waals surface area contributed by atoms with Crippen LogP contribution in [0.4, 0.5) is 0 Å². The molecule has 1 aromatic carbocycles. The third kappa shape index (κ3) is 3.05. The molecule has 0 saturated heterocycles. The second-order valence-electron chi connectivity index (χ2n) is 3.67.